The van der Waals surface area contributed by atoms with Gasteiger partial charge in [0.25, 0.3) is 0 Å². The Bertz CT molecular complexity index is 585. The van der Waals surface area contributed by atoms with Crippen LogP contribution in [-0.2, 0) is 6.54 Å². The average Bonchev–Trinajstić information content (AvgIpc) is 2.70. The zero-order valence-corrected chi connectivity index (χ0v) is 12.3. The number of nitrogens with zero attached hydrogens (tertiary/aromatic N) is 5. The van der Waals surface area contributed by atoms with Gasteiger partial charge in [0.05, 0.1) is 12.2 Å². The van der Waals surface area contributed by atoms with Crippen LogP contribution < -0.4 is 0 Å². The lowest BCUT2D eigenvalue weighted by Gasteiger charge is -2.22. The highest BCUT2D eigenvalue weighted by Gasteiger charge is 2.05. The summed E-state index contributed by atoms with van der Waals surface area (Å²) in [6, 6.07) is 4.15. The summed E-state index contributed by atoms with van der Waals surface area (Å²) in [7, 11) is 7.97. The molecule has 0 fully saturated rings. The molecule has 0 spiro atoms. The molecule has 2 aromatic heterocycles. The molecule has 0 radical (unpaired) electrons. The summed E-state index contributed by atoms with van der Waals surface area (Å²) in [5, 5.41) is 0. The highest BCUT2D eigenvalue weighted by molar-refractivity contribution is 5.79. The number of fused-ring (bicyclic) bond motifs is 1. The van der Waals surface area contributed by atoms with Gasteiger partial charge in [-0.2, -0.15) is 0 Å². The van der Waals surface area contributed by atoms with E-state index < -0.39 is 0 Å². The van der Waals surface area contributed by atoms with Gasteiger partial charge in [-0.05, 0) is 24.6 Å². The predicted molar refractivity (Wildman–Crippen MR) is 78.4 cm³/mol. The molecule has 102 valence electrons. The monoisotopic (exact) mass is 259 g/mol. The van der Waals surface area contributed by atoms with E-state index in [9.17, 15) is 0 Å². The van der Waals surface area contributed by atoms with Crippen LogP contribution in [-0.4, -0.2) is 53.3 Å². The lowest BCUT2D eigenvalue weighted by Crippen LogP contribution is -2.35. The Balaban J connectivity index is 2.23. The molecule has 5 heteroatoms. The lowest BCUT2D eigenvalue weighted by molar-refractivity contribution is 0.479. The topological polar surface area (TPSA) is 36.1 Å². The summed E-state index contributed by atoms with van der Waals surface area (Å²) >= 11 is 0. The Morgan fingerprint density at radius 1 is 1.26 bits per heavy atom. The van der Waals surface area contributed by atoms with Crippen LogP contribution in [0.3, 0.4) is 0 Å². The molecule has 0 aliphatic rings. The molecule has 19 heavy (non-hydrogen) atoms. The average molecular weight is 259 g/mol. The first-order chi connectivity index (χ1) is 8.97. The van der Waals surface area contributed by atoms with E-state index in [4.69, 9.17) is 0 Å². The fraction of sp³-hybridized carbons (Fsp3) is 0.429. The Hall–Kier alpha value is -2.04. The van der Waals surface area contributed by atoms with Gasteiger partial charge in [-0.3, -0.25) is 0 Å². The number of guanidine groups is 1. The van der Waals surface area contributed by atoms with Crippen molar-refractivity contribution in [3.8, 4) is 0 Å². The van der Waals surface area contributed by atoms with Crippen molar-refractivity contribution in [3.05, 3.63) is 35.8 Å². The Morgan fingerprint density at radius 3 is 2.58 bits per heavy atom. The van der Waals surface area contributed by atoms with Gasteiger partial charge in [0, 0.05) is 40.6 Å². The summed E-state index contributed by atoms with van der Waals surface area (Å²) in [6.07, 6.45) is 4.06. The van der Waals surface area contributed by atoms with Crippen molar-refractivity contribution in [2.45, 2.75) is 13.5 Å². The molecule has 0 unspecified atom stereocenters. The van der Waals surface area contributed by atoms with E-state index in [2.05, 4.69) is 29.0 Å². The standard InChI is InChI=1S/C14H21N5/c1-11-6-7-19-10-12(16-13(19)8-11)9-15-14(17(2)3)18(4)5/h6-8,10H,9H2,1-5H3. The molecule has 2 heterocycles. The van der Waals surface area contributed by atoms with E-state index in [1.54, 1.807) is 0 Å². The second-order valence-electron chi connectivity index (χ2n) is 5.11. The molecule has 0 saturated heterocycles. The third-order valence-electron chi connectivity index (χ3n) is 2.85. The number of aryl methyl sites for hydroxylation is 1. The number of aromatic nitrogens is 2. The van der Waals surface area contributed by atoms with E-state index in [1.807, 2.05) is 54.8 Å². The molecule has 2 rings (SSSR count). The molecule has 0 aliphatic heterocycles. The van der Waals surface area contributed by atoms with Gasteiger partial charge in [0.1, 0.15) is 5.65 Å². The van der Waals surface area contributed by atoms with E-state index in [0.717, 1.165) is 17.3 Å². The van der Waals surface area contributed by atoms with Crippen molar-refractivity contribution >= 4 is 11.6 Å². The van der Waals surface area contributed by atoms with Crippen molar-refractivity contribution in [1.82, 2.24) is 19.2 Å². The van der Waals surface area contributed by atoms with Gasteiger partial charge in [-0.1, -0.05) is 0 Å². The SMILES string of the molecule is Cc1ccn2cc(CN=C(N(C)C)N(C)C)nc2c1. The van der Waals surface area contributed by atoms with Crippen molar-refractivity contribution in [3.63, 3.8) is 0 Å². The minimum atomic E-state index is 0.590. The fourth-order valence-electron chi connectivity index (χ4n) is 2.05. The molecule has 2 aromatic rings. The minimum absolute atomic E-state index is 0.590. The van der Waals surface area contributed by atoms with Crippen LogP contribution in [0.2, 0.25) is 0 Å². The first-order valence-electron chi connectivity index (χ1n) is 6.30. The maximum Gasteiger partial charge on any atom is 0.195 e. The fourth-order valence-corrected chi connectivity index (χ4v) is 2.05. The lowest BCUT2D eigenvalue weighted by atomic mass is 10.3. The molecule has 0 amide bonds. The normalized spacial score (nSPS) is 10.6. The molecule has 5 nitrogen and oxygen atoms in total. The second-order valence-corrected chi connectivity index (χ2v) is 5.11. The van der Waals surface area contributed by atoms with Gasteiger partial charge in [-0.15, -0.1) is 0 Å². The summed E-state index contributed by atoms with van der Waals surface area (Å²) in [4.78, 5) is 13.2. The largest absolute Gasteiger partial charge is 0.349 e. The van der Waals surface area contributed by atoms with Crippen molar-refractivity contribution < 1.29 is 0 Å². The minimum Gasteiger partial charge on any atom is -0.349 e. The van der Waals surface area contributed by atoms with Crippen LogP contribution in [0, 0.1) is 6.92 Å². The van der Waals surface area contributed by atoms with Crippen LogP contribution in [0.1, 0.15) is 11.3 Å². The summed E-state index contributed by atoms with van der Waals surface area (Å²) in [5.41, 5.74) is 3.17. The van der Waals surface area contributed by atoms with Crippen LogP contribution in [0.25, 0.3) is 5.65 Å². The highest BCUT2D eigenvalue weighted by atomic mass is 15.3. The van der Waals surface area contributed by atoms with Gasteiger partial charge in [0.15, 0.2) is 5.96 Å². The van der Waals surface area contributed by atoms with Gasteiger partial charge in [0.2, 0.25) is 0 Å². The molecule has 0 N–H and O–H groups in total. The Labute approximate surface area is 114 Å². The number of hydrogen-bond acceptors (Lipinski definition) is 2. The van der Waals surface area contributed by atoms with E-state index >= 15 is 0 Å². The maximum absolute atomic E-state index is 4.60. The number of pyridine rings is 1. The molecular weight excluding hydrogens is 238 g/mol. The third-order valence-corrected chi connectivity index (χ3v) is 2.85. The molecular formula is C14H21N5. The third kappa shape index (κ3) is 3.05. The van der Waals surface area contributed by atoms with Crippen LogP contribution in [0.5, 0.6) is 0 Å². The molecule has 0 saturated carbocycles. The van der Waals surface area contributed by atoms with Crippen molar-refractivity contribution in [2.24, 2.45) is 4.99 Å². The number of aliphatic imine (C=N–C) groups is 1. The first kappa shape index (κ1) is 13.4. The molecule has 0 aromatic carbocycles. The summed E-state index contributed by atoms with van der Waals surface area (Å²) in [6.45, 7) is 2.66. The zero-order valence-electron chi connectivity index (χ0n) is 12.3. The predicted octanol–water partition coefficient (Wildman–Crippen LogP) is 1.62. The van der Waals surface area contributed by atoms with E-state index in [1.165, 1.54) is 5.56 Å². The zero-order chi connectivity index (χ0) is 14.0. The van der Waals surface area contributed by atoms with Crippen molar-refractivity contribution in [1.29, 1.82) is 0 Å². The van der Waals surface area contributed by atoms with Crippen molar-refractivity contribution in [2.75, 3.05) is 28.2 Å². The summed E-state index contributed by atoms with van der Waals surface area (Å²) in [5.74, 6) is 0.938. The van der Waals surface area contributed by atoms with Crippen LogP contribution in [0.4, 0.5) is 0 Å². The molecule has 0 atom stereocenters. The van der Waals surface area contributed by atoms with Gasteiger partial charge >= 0.3 is 0 Å². The second kappa shape index (κ2) is 5.30. The Kier molecular flexibility index (Phi) is 3.74. The molecule has 0 aliphatic carbocycles. The maximum atomic E-state index is 4.60. The first-order valence-corrected chi connectivity index (χ1v) is 6.30. The number of hydrogen-bond donors (Lipinski definition) is 0. The molecule has 0 bridgehead atoms. The number of imidazole rings is 1. The quantitative estimate of drug-likeness (QED) is 0.607. The summed E-state index contributed by atoms with van der Waals surface area (Å²) < 4.78 is 2.03. The Morgan fingerprint density at radius 2 is 1.95 bits per heavy atom. The van der Waals surface area contributed by atoms with Crippen LogP contribution >= 0.6 is 0 Å². The van der Waals surface area contributed by atoms with Crippen LogP contribution in [0.15, 0.2) is 29.5 Å². The van der Waals surface area contributed by atoms with Gasteiger partial charge < -0.3 is 14.2 Å². The highest BCUT2D eigenvalue weighted by Crippen LogP contribution is 2.08. The van der Waals surface area contributed by atoms with E-state index in [-0.39, 0.29) is 0 Å². The smallest absolute Gasteiger partial charge is 0.195 e. The van der Waals surface area contributed by atoms with Gasteiger partial charge in [-0.25, -0.2) is 9.98 Å². The van der Waals surface area contributed by atoms with E-state index in [0.29, 0.717) is 6.54 Å². The number of rotatable bonds is 2.